The van der Waals surface area contributed by atoms with Crippen LogP contribution in [0.4, 0.5) is 4.39 Å². The van der Waals surface area contributed by atoms with Crippen molar-refractivity contribution in [3.8, 4) is 17.0 Å². The second-order valence-corrected chi connectivity index (χ2v) is 5.37. The summed E-state index contributed by atoms with van der Waals surface area (Å²) in [7, 11) is 2.59. The number of ether oxygens (including phenoxy) is 2. The molecule has 0 bridgehead atoms. The van der Waals surface area contributed by atoms with E-state index < -0.39 is 35.8 Å². The molecule has 1 N–H and O–H groups in total. The number of amides is 1. The van der Waals surface area contributed by atoms with Crippen molar-refractivity contribution in [3.63, 3.8) is 0 Å². The molecule has 138 valence electrons. The average Bonchev–Trinajstić information content (AvgIpc) is 2.62. The van der Waals surface area contributed by atoms with Crippen LogP contribution in [0.25, 0.3) is 11.3 Å². The van der Waals surface area contributed by atoms with E-state index in [0.29, 0.717) is 11.3 Å². The average molecular weight is 363 g/mol. The van der Waals surface area contributed by atoms with Crippen molar-refractivity contribution in [3.05, 3.63) is 46.5 Å². The maximum absolute atomic E-state index is 13.3. The Labute approximate surface area is 148 Å². The van der Waals surface area contributed by atoms with E-state index >= 15 is 0 Å². The molecule has 26 heavy (non-hydrogen) atoms. The Balaban J connectivity index is 2.27. The molecule has 1 aromatic carbocycles. The fourth-order valence-corrected chi connectivity index (χ4v) is 2.24. The molecule has 0 unspecified atom stereocenters. The molecule has 0 spiro atoms. The zero-order valence-electron chi connectivity index (χ0n) is 14.5. The van der Waals surface area contributed by atoms with E-state index in [1.54, 1.807) is 0 Å². The molecule has 0 radical (unpaired) electrons. The highest BCUT2D eigenvalue weighted by atomic mass is 19.1. The van der Waals surface area contributed by atoms with Crippen LogP contribution in [-0.4, -0.2) is 41.9 Å². The van der Waals surface area contributed by atoms with Crippen LogP contribution in [-0.2, 0) is 20.9 Å². The summed E-state index contributed by atoms with van der Waals surface area (Å²) < 4.78 is 23.9. The largest absolute Gasteiger partial charge is 0.496 e. The van der Waals surface area contributed by atoms with Crippen LogP contribution in [0, 0.1) is 5.82 Å². The van der Waals surface area contributed by atoms with Gasteiger partial charge < -0.3 is 14.8 Å². The SMILES string of the molecule is COC(=O)[C@H](C)NC(=O)Cn1nc(-c2ccc(F)cc2OC)ccc1=O. The number of esters is 1. The lowest BCUT2D eigenvalue weighted by Gasteiger charge is -2.13. The Morgan fingerprint density at radius 3 is 2.65 bits per heavy atom. The van der Waals surface area contributed by atoms with Crippen molar-refractivity contribution < 1.29 is 23.5 Å². The molecule has 0 saturated carbocycles. The minimum Gasteiger partial charge on any atom is -0.496 e. The highest BCUT2D eigenvalue weighted by Gasteiger charge is 2.17. The van der Waals surface area contributed by atoms with Crippen molar-refractivity contribution in [2.75, 3.05) is 14.2 Å². The van der Waals surface area contributed by atoms with Crippen LogP contribution < -0.4 is 15.6 Å². The summed E-state index contributed by atoms with van der Waals surface area (Å²) in [4.78, 5) is 35.3. The van der Waals surface area contributed by atoms with Gasteiger partial charge in [-0.2, -0.15) is 5.10 Å². The number of benzene rings is 1. The van der Waals surface area contributed by atoms with E-state index in [9.17, 15) is 18.8 Å². The van der Waals surface area contributed by atoms with Gasteiger partial charge in [0.1, 0.15) is 24.2 Å². The molecule has 0 fully saturated rings. The third kappa shape index (κ3) is 4.44. The molecule has 1 aromatic heterocycles. The number of carbonyl (C=O) groups is 2. The van der Waals surface area contributed by atoms with Crippen molar-refractivity contribution in [2.24, 2.45) is 0 Å². The lowest BCUT2D eigenvalue weighted by atomic mass is 10.1. The summed E-state index contributed by atoms with van der Waals surface area (Å²) in [5, 5.41) is 6.53. The van der Waals surface area contributed by atoms with Gasteiger partial charge in [-0.25, -0.2) is 13.9 Å². The second-order valence-electron chi connectivity index (χ2n) is 5.37. The van der Waals surface area contributed by atoms with Crippen molar-refractivity contribution in [1.29, 1.82) is 0 Å². The monoisotopic (exact) mass is 363 g/mol. The molecule has 0 saturated heterocycles. The Bertz CT molecular complexity index is 881. The van der Waals surface area contributed by atoms with Crippen LogP contribution >= 0.6 is 0 Å². The fraction of sp³-hybridized carbons (Fsp3) is 0.294. The first-order valence-electron chi connectivity index (χ1n) is 7.65. The highest BCUT2D eigenvalue weighted by Crippen LogP contribution is 2.28. The van der Waals surface area contributed by atoms with Crippen molar-refractivity contribution in [1.82, 2.24) is 15.1 Å². The summed E-state index contributed by atoms with van der Waals surface area (Å²) in [6.07, 6.45) is 0. The Morgan fingerprint density at radius 1 is 1.27 bits per heavy atom. The van der Waals surface area contributed by atoms with E-state index in [4.69, 9.17) is 4.74 Å². The van der Waals surface area contributed by atoms with Crippen LogP contribution in [0.1, 0.15) is 6.92 Å². The quantitative estimate of drug-likeness (QED) is 0.760. The predicted octanol–water partition coefficient (Wildman–Crippen LogP) is 0.736. The molecule has 0 aliphatic rings. The van der Waals surface area contributed by atoms with Gasteiger partial charge >= 0.3 is 5.97 Å². The molecule has 0 aliphatic carbocycles. The van der Waals surface area contributed by atoms with E-state index in [1.165, 1.54) is 51.5 Å². The normalized spacial score (nSPS) is 11.5. The number of nitrogens with one attached hydrogen (secondary N) is 1. The third-order valence-electron chi connectivity index (χ3n) is 3.53. The van der Waals surface area contributed by atoms with Gasteiger partial charge in [0, 0.05) is 17.7 Å². The second kappa shape index (κ2) is 8.24. The van der Waals surface area contributed by atoms with Gasteiger partial charge in [-0.05, 0) is 25.1 Å². The zero-order chi connectivity index (χ0) is 19.3. The molecule has 2 aromatic rings. The van der Waals surface area contributed by atoms with Gasteiger partial charge in [-0.3, -0.25) is 9.59 Å². The molecular weight excluding hydrogens is 345 g/mol. The predicted molar refractivity (Wildman–Crippen MR) is 90.1 cm³/mol. The summed E-state index contributed by atoms with van der Waals surface area (Å²) >= 11 is 0. The van der Waals surface area contributed by atoms with Gasteiger partial charge in [0.2, 0.25) is 5.91 Å². The highest BCUT2D eigenvalue weighted by molar-refractivity contribution is 5.83. The maximum Gasteiger partial charge on any atom is 0.328 e. The van der Waals surface area contributed by atoms with E-state index in [-0.39, 0.29) is 5.75 Å². The first-order valence-corrected chi connectivity index (χ1v) is 7.65. The van der Waals surface area contributed by atoms with Crippen LogP contribution in [0.2, 0.25) is 0 Å². The number of rotatable bonds is 6. The molecule has 9 heteroatoms. The number of nitrogens with zero attached hydrogens (tertiary/aromatic N) is 2. The van der Waals surface area contributed by atoms with Gasteiger partial charge in [0.05, 0.1) is 19.9 Å². The van der Waals surface area contributed by atoms with Gasteiger partial charge in [0.15, 0.2) is 0 Å². The zero-order valence-corrected chi connectivity index (χ0v) is 14.5. The van der Waals surface area contributed by atoms with Gasteiger partial charge in [-0.15, -0.1) is 0 Å². The molecule has 8 nitrogen and oxygen atoms in total. The first kappa shape index (κ1) is 19.1. The molecule has 2 rings (SSSR count). The number of carbonyl (C=O) groups excluding carboxylic acids is 2. The number of aromatic nitrogens is 2. The lowest BCUT2D eigenvalue weighted by Crippen LogP contribution is -2.42. The third-order valence-corrected chi connectivity index (χ3v) is 3.53. The molecular formula is C17H18FN3O5. The van der Waals surface area contributed by atoms with Gasteiger partial charge in [0.25, 0.3) is 5.56 Å². The van der Waals surface area contributed by atoms with Crippen LogP contribution in [0.3, 0.4) is 0 Å². The lowest BCUT2D eigenvalue weighted by molar-refractivity contribution is -0.144. The Kier molecular flexibility index (Phi) is 6.05. The maximum atomic E-state index is 13.3. The van der Waals surface area contributed by atoms with E-state index in [2.05, 4.69) is 15.2 Å². The number of hydrogen-bond donors (Lipinski definition) is 1. The van der Waals surface area contributed by atoms with E-state index in [1.807, 2.05) is 0 Å². The standard InChI is InChI=1S/C17H18FN3O5/c1-10(17(24)26-3)19-15(22)9-21-16(23)7-6-13(20-21)12-5-4-11(18)8-14(12)25-2/h4-8,10H,9H2,1-3H3,(H,19,22)/t10-/m0/s1. The van der Waals surface area contributed by atoms with Crippen molar-refractivity contribution in [2.45, 2.75) is 19.5 Å². The minimum atomic E-state index is -0.858. The number of methoxy groups -OCH3 is 2. The summed E-state index contributed by atoms with van der Waals surface area (Å²) in [6.45, 7) is 1.07. The first-order chi connectivity index (χ1) is 12.3. The molecule has 1 heterocycles. The molecule has 0 aliphatic heterocycles. The van der Waals surface area contributed by atoms with Crippen molar-refractivity contribution >= 4 is 11.9 Å². The number of hydrogen-bond acceptors (Lipinski definition) is 6. The molecule has 1 atom stereocenters. The fourth-order valence-electron chi connectivity index (χ4n) is 2.24. The topological polar surface area (TPSA) is 99.5 Å². The summed E-state index contributed by atoms with van der Waals surface area (Å²) in [5.74, 6) is -1.43. The van der Waals surface area contributed by atoms with Crippen LogP contribution in [0.5, 0.6) is 5.75 Å². The van der Waals surface area contributed by atoms with E-state index in [0.717, 1.165) is 4.68 Å². The summed E-state index contributed by atoms with van der Waals surface area (Å²) in [6, 6.07) is 5.72. The Hall–Kier alpha value is -3.23. The molecule has 1 amide bonds. The van der Waals surface area contributed by atoms with Gasteiger partial charge in [-0.1, -0.05) is 0 Å². The van der Waals surface area contributed by atoms with Crippen LogP contribution in [0.15, 0.2) is 35.1 Å². The smallest absolute Gasteiger partial charge is 0.328 e. The summed E-state index contributed by atoms with van der Waals surface area (Å²) in [5.41, 5.74) is 0.289. The minimum absolute atomic E-state index is 0.242. The number of halogens is 1. The Morgan fingerprint density at radius 2 is 2.00 bits per heavy atom.